The van der Waals surface area contributed by atoms with Crippen LogP contribution >= 0.6 is 0 Å². The van der Waals surface area contributed by atoms with E-state index in [0.717, 1.165) is 23.9 Å². The van der Waals surface area contributed by atoms with Gasteiger partial charge in [0.2, 0.25) is 0 Å². The van der Waals surface area contributed by atoms with Crippen LogP contribution in [0.1, 0.15) is 22.3 Å². The molecule has 0 unspecified atom stereocenters. The predicted molar refractivity (Wildman–Crippen MR) is 95.0 cm³/mol. The monoisotopic (exact) mass is 379 g/mol. The van der Waals surface area contributed by atoms with Crippen molar-refractivity contribution in [1.29, 1.82) is 0 Å². The molecule has 0 aliphatic heterocycles. The molecule has 0 aliphatic carbocycles. The first-order valence-electron chi connectivity index (χ1n) is 7.36. The average molecular weight is 379 g/mol. The smallest absolute Gasteiger partial charge is 0.311 e. The fourth-order valence-corrected chi connectivity index (χ4v) is 3.88. The fraction of sp³-hybridized carbons (Fsp3) is 0.188. The summed E-state index contributed by atoms with van der Waals surface area (Å²) in [6.45, 7) is 5.17. The second-order valence-electron chi connectivity index (χ2n) is 5.74. The van der Waals surface area contributed by atoms with Crippen molar-refractivity contribution in [2.24, 2.45) is 5.10 Å². The van der Waals surface area contributed by atoms with Crippen molar-refractivity contribution in [2.45, 2.75) is 25.7 Å². The Morgan fingerprint density at radius 3 is 2.19 bits per heavy atom. The number of hydrogen-bond acceptors (Lipinski definition) is 7. The zero-order valence-electron chi connectivity index (χ0n) is 14.2. The Morgan fingerprint density at radius 2 is 1.65 bits per heavy atom. The van der Waals surface area contributed by atoms with E-state index in [1.165, 1.54) is 0 Å². The van der Waals surface area contributed by atoms with Crippen molar-refractivity contribution in [2.75, 3.05) is 0 Å². The maximum atomic E-state index is 12.5. The van der Waals surface area contributed by atoms with Gasteiger partial charge in [-0.1, -0.05) is 17.7 Å². The number of aryl methyl sites for hydroxylation is 3. The van der Waals surface area contributed by atoms with Crippen molar-refractivity contribution in [3.05, 3.63) is 56.6 Å². The number of nitrogens with zero attached hydrogens (tertiary/aromatic N) is 2. The summed E-state index contributed by atoms with van der Waals surface area (Å²) in [6, 6.07) is 5.11. The number of phenolic OH excluding ortho intramolecular Hbond substituents is 2. The molecule has 0 spiro atoms. The Hall–Kier alpha value is -3.14. The number of rotatable bonds is 5. The number of benzene rings is 2. The van der Waals surface area contributed by atoms with Crippen LogP contribution in [0.2, 0.25) is 0 Å². The second-order valence-corrected chi connectivity index (χ2v) is 7.34. The van der Waals surface area contributed by atoms with E-state index in [2.05, 4.69) is 5.10 Å². The van der Waals surface area contributed by atoms with Gasteiger partial charge < -0.3 is 10.2 Å². The van der Waals surface area contributed by atoms with Gasteiger partial charge in [-0.15, -0.1) is 0 Å². The van der Waals surface area contributed by atoms with E-state index in [9.17, 15) is 28.7 Å². The highest BCUT2D eigenvalue weighted by Gasteiger charge is 2.20. The van der Waals surface area contributed by atoms with Crippen LogP contribution in [-0.4, -0.2) is 29.8 Å². The van der Waals surface area contributed by atoms with Crippen LogP contribution in [0.4, 0.5) is 5.69 Å². The summed E-state index contributed by atoms with van der Waals surface area (Å²) in [5.74, 6) is -1.20. The van der Waals surface area contributed by atoms with Crippen LogP contribution in [0.15, 0.2) is 34.3 Å². The third kappa shape index (κ3) is 3.91. The lowest BCUT2D eigenvalue weighted by atomic mass is 10.1. The molecule has 0 radical (unpaired) electrons. The molecule has 2 rings (SSSR count). The highest BCUT2D eigenvalue weighted by Crippen LogP contribution is 2.32. The molecule has 0 amide bonds. The fourth-order valence-electron chi connectivity index (χ4n) is 2.63. The van der Waals surface area contributed by atoms with Gasteiger partial charge >= 0.3 is 5.69 Å². The minimum atomic E-state index is -3.97. The third-order valence-electron chi connectivity index (χ3n) is 3.57. The number of aromatic hydroxyl groups is 2. The molecular formula is C16H17N3O6S. The Kier molecular flexibility index (Phi) is 5.17. The molecule has 0 heterocycles. The predicted octanol–water partition coefficient (Wildman–Crippen LogP) is 2.24. The molecule has 0 bridgehead atoms. The van der Waals surface area contributed by atoms with Gasteiger partial charge in [-0.25, -0.2) is 4.83 Å². The number of nitro groups is 1. The lowest BCUT2D eigenvalue weighted by Crippen LogP contribution is -2.20. The lowest BCUT2D eigenvalue weighted by molar-refractivity contribution is -0.385. The van der Waals surface area contributed by atoms with Crippen molar-refractivity contribution in [3.8, 4) is 11.5 Å². The highest BCUT2D eigenvalue weighted by molar-refractivity contribution is 7.89. The van der Waals surface area contributed by atoms with Crippen molar-refractivity contribution in [3.63, 3.8) is 0 Å². The molecule has 9 nitrogen and oxygen atoms in total. The molecule has 0 saturated heterocycles. The maximum absolute atomic E-state index is 12.5. The summed E-state index contributed by atoms with van der Waals surface area (Å²) in [6.07, 6.45) is 0.915. The molecule has 3 N–H and O–H groups in total. The van der Waals surface area contributed by atoms with Crippen molar-refractivity contribution < 1.29 is 23.6 Å². The highest BCUT2D eigenvalue weighted by atomic mass is 32.2. The van der Waals surface area contributed by atoms with Gasteiger partial charge in [0.1, 0.15) is 5.75 Å². The molecule has 0 fully saturated rings. The Morgan fingerprint density at radius 1 is 1.08 bits per heavy atom. The largest absolute Gasteiger partial charge is 0.507 e. The Labute approximate surface area is 149 Å². The molecule has 0 atom stereocenters. The quantitative estimate of drug-likeness (QED) is 0.413. The molecule has 138 valence electrons. The van der Waals surface area contributed by atoms with Crippen LogP contribution in [0.25, 0.3) is 0 Å². The molecule has 0 aliphatic rings. The number of phenols is 2. The van der Waals surface area contributed by atoms with E-state index in [-0.39, 0.29) is 10.5 Å². The molecule has 0 saturated carbocycles. The number of nitro benzene ring substituents is 1. The van der Waals surface area contributed by atoms with Gasteiger partial charge in [0, 0.05) is 17.7 Å². The van der Waals surface area contributed by atoms with Gasteiger partial charge in [-0.2, -0.15) is 13.5 Å². The average Bonchev–Trinajstić information content (AvgIpc) is 2.47. The summed E-state index contributed by atoms with van der Waals surface area (Å²) in [4.78, 5) is 12.1. The number of sulfonamides is 1. The van der Waals surface area contributed by atoms with E-state index in [0.29, 0.717) is 11.1 Å². The van der Waals surface area contributed by atoms with Gasteiger partial charge in [-0.3, -0.25) is 10.1 Å². The summed E-state index contributed by atoms with van der Waals surface area (Å²) < 4.78 is 24.9. The molecular weight excluding hydrogens is 362 g/mol. The number of hydrogen-bond donors (Lipinski definition) is 3. The van der Waals surface area contributed by atoms with Crippen molar-refractivity contribution >= 4 is 21.9 Å². The molecule has 10 heteroatoms. The minimum absolute atomic E-state index is 0.0844. The van der Waals surface area contributed by atoms with Crippen LogP contribution in [0.3, 0.4) is 0 Å². The maximum Gasteiger partial charge on any atom is 0.311 e. The van der Waals surface area contributed by atoms with Crippen LogP contribution in [0.5, 0.6) is 11.5 Å². The SMILES string of the molecule is Cc1cc(C)c(S(=O)(=O)N/N=C/c2cc([N+](=O)[O-])c(O)cc2O)c(C)c1. The minimum Gasteiger partial charge on any atom is -0.507 e. The molecule has 2 aromatic rings. The molecule has 26 heavy (non-hydrogen) atoms. The van der Waals surface area contributed by atoms with Gasteiger partial charge in [0.15, 0.2) is 5.75 Å². The molecule has 2 aromatic carbocycles. The van der Waals surface area contributed by atoms with Crippen LogP contribution < -0.4 is 4.83 Å². The first kappa shape index (κ1) is 19.2. The van der Waals surface area contributed by atoms with E-state index in [1.807, 2.05) is 11.8 Å². The van der Waals surface area contributed by atoms with E-state index < -0.39 is 32.1 Å². The zero-order chi connectivity index (χ0) is 19.6. The zero-order valence-corrected chi connectivity index (χ0v) is 15.0. The van der Waals surface area contributed by atoms with E-state index in [4.69, 9.17) is 0 Å². The number of nitrogens with one attached hydrogen (secondary N) is 1. The topological polar surface area (TPSA) is 142 Å². The normalized spacial score (nSPS) is 11.7. The Bertz CT molecular complexity index is 992. The van der Waals surface area contributed by atoms with E-state index in [1.54, 1.807) is 26.0 Å². The van der Waals surface area contributed by atoms with Crippen molar-refractivity contribution in [1.82, 2.24) is 4.83 Å². The van der Waals surface area contributed by atoms with Crippen LogP contribution in [-0.2, 0) is 10.0 Å². The first-order chi connectivity index (χ1) is 12.0. The first-order valence-corrected chi connectivity index (χ1v) is 8.84. The molecule has 0 aromatic heterocycles. The number of hydrazone groups is 1. The van der Waals surface area contributed by atoms with Gasteiger partial charge in [-0.05, 0) is 31.9 Å². The summed E-state index contributed by atoms with van der Waals surface area (Å²) in [7, 11) is -3.97. The summed E-state index contributed by atoms with van der Waals surface area (Å²) in [5.41, 5.74) is 1.25. The Balaban J connectivity index is 2.34. The third-order valence-corrected chi connectivity index (χ3v) is 5.10. The lowest BCUT2D eigenvalue weighted by Gasteiger charge is -2.11. The summed E-state index contributed by atoms with van der Waals surface area (Å²) >= 11 is 0. The standard InChI is InChI=1S/C16H17N3O6S/c1-9-4-10(2)16(11(3)5-9)26(24,25)18-17-8-12-6-13(19(22)23)15(21)7-14(12)20/h4-8,18,20-21H,1-3H3/b17-8+. The van der Waals surface area contributed by atoms with Crippen LogP contribution in [0, 0.1) is 30.9 Å². The van der Waals surface area contributed by atoms with Gasteiger partial charge in [0.05, 0.1) is 16.0 Å². The van der Waals surface area contributed by atoms with Gasteiger partial charge in [0.25, 0.3) is 10.0 Å². The second kappa shape index (κ2) is 7.00. The van der Waals surface area contributed by atoms with E-state index >= 15 is 0 Å². The summed E-state index contributed by atoms with van der Waals surface area (Å²) in [5, 5.41) is 33.5.